The van der Waals surface area contributed by atoms with Crippen molar-refractivity contribution in [3.8, 4) is 11.5 Å². The third-order valence-electron chi connectivity index (χ3n) is 9.11. The molecule has 5 rings (SSSR count). The number of methoxy groups -OCH3 is 3. The van der Waals surface area contributed by atoms with Crippen LogP contribution in [0.5, 0.6) is 11.5 Å². The summed E-state index contributed by atoms with van der Waals surface area (Å²) < 4.78 is 19.3. The Bertz CT molecular complexity index is 1550. The Balaban J connectivity index is 1.52. The van der Waals surface area contributed by atoms with Crippen LogP contribution in [0.4, 0.5) is 11.4 Å². The van der Waals surface area contributed by atoms with E-state index in [0.29, 0.717) is 17.8 Å². The van der Waals surface area contributed by atoms with E-state index in [1.807, 2.05) is 12.1 Å². The number of benzene rings is 2. The van der Waals surface area contributed by atoms with Crippen LogP contribution in [-0.4, -0.2) is 50.5 Å². The van der Waals surface area contributed by atoms with Gasteiger partial charge in [0.2, 0.25) is 5.69 Å². The zero-order chi connectivity index (χ0) is 30.4. The number of carbonyl (C=O) groups is 1. The van der Waals surface area contributed by atoms with Crippen molar-refractivity contribution >= 4 is 22.9 Å². The number of allylic oxidation sites excluding steroid dienone is 5. The molecule has 0 saturated carbocycles. The second-order valence-electron chi connectivity index (χ2n) is 12.4. The van der Waals surface area contributed by atoms with Gasteiger partial charge in [-0.2, -0.15) is 4.58 Å². The zero-order valence-corrected chi connectivity index (χ0v) is 26.7. The minimum Gasteiger partial charge on any atom is -0.497 e. The lowest BCUT2D eigenvalue weighted by molar-refractivity contribution is -0.437. The zero-order valence-electron chi connectivity index (χ0n) is 26.7. The lowest BCUT2D eigenvalue weighted by Gasteiger charge is -2.29. The maximum absolute atomic E-state index is 13.7. The standard InChI is InChI=1S/C36H45N2O4/c1-10-18-37-29-15-12-23(40-7)20-27(29)35(3,4)31(37)17-14-25-33(39)26(34(25)42-9)22-32-36(5,6)28-21-24(41-8)13-16-30(28)38(32)19-11-2/h12-13,15-17,20-22H,10-11,14,18-19H2,1-9H3/q+1/b26-22-,31-17-. The average Bonchev–Trinajstić information content (AvgIpc) is 3.32. The van der Waals surface area contributed by atoms with Gasteiger partial charge in [-0.15, -0.1) is 0 Å². The van der Waals surface area contributed by atoms with E-state index in [2.05, 4.69) is 87.4 Å². The third-order valence-corrected chi connectivity index (χ3v) is 9.11. The number of Topliss-reactive ketones (excluding diaryl/α,β-unsaturated/α-hetero) is 1. The average molecular weight is 570 g/mol. The summed E-state index contributed by atoms with van der Waals surface area (Å²) >= 11 is 0. The van der Waals surface area contributed by atoms with Crippen molar-refractivity contribution in [1.29, 1.82) is 0 Å². The highest BCUT2D eigenvalue weighted by Crippen LogP contribution is 2.50. The van der Waals surface area contributed by atoms with E-state index in [-0.39, 0.29) is 16.6 Å². The number of fused-ring (bicyclic) bond motifs is 2. The van der Waals surface area contributed by atoms with Gasteiger partial charge in [-0.3, -0.25) is 4.79 Å². The number of nitrogens with zero attached hydrogens (tertiary/aromatic N) is 2. The van der Waals surface area contributed by atoms with Gasteiger partial charge in [0.1, 0.15) is 23.8 Å². The van der Waals surface area contributed by atoms with Crippen LogP contribution in [0.1, 0.15) is 71.9 Å². The maximum atomic E-state index is 13.7. The number of rotatable bonds is 10. The van der Waals surface area contributed by atoms with Gasteiger partial charge in [0.25, 0.3) is 0 Å². The van der Waals surface area contributed by atoms with Crippen LogP contribution in [0.2, 0.25) is 0 Å². The Labute approximate surface area is 251 Å². The molecule has 1 aliphatic carbocycles. The summed E-state index contributed by atoms with van der Waals surface area (Å²) in [6.07, 6.45) is 6.83. The second kappa shape index (κ2) is 11.1. The summed E-state index contributed by atoms with van der Waals surface area (Å²) in [7, 11) is 5.07. The molecule has 0 spiro atoms. The molecule has 0 aromatic heterocycles. The fraction of sp³-hybridized carbons (Fsp3) is 0.444. The number of carbonyl (C=O) groups excluding carboxylic acids is 1. The minimum atomic E-state index is -0.287. The molecule has 6 heteroatoms. The van der Waals surface area contributed by atoms with Crippen LogP contribution in [-0.2, 0) is 20.4 Å². The van der Waals surface area contributed by atoms with E-state index in [1.54, 1.807) is 21.3 Å². The Hall–Kier alpha value is -3.80. The normalized spacial score (nSPS) is 20.3. The number of hydrogen-bond acceptors (Lipinski definition) is 5. The lowest BCUT2D eigenvalue weighted by atomic mass is 9.77. The highest BCUT2D eigenvalue weighted by atomic mass is 16.5. The topological polar surface area (TPSA) is 51.0 Å². The van der Waals surface area contributed by atoms with Gasteiger partial charge in [0, 0.05) is 53.0 Å². The molecule has 2 aromatic rings. The van der Waals surface area contributed by atoms with Crippen molar-refractivity contribution in [3.05, 3.63) is 82.3 Å². The molecule has 2 heterocycles. The quantitative estimate of drug-likeness (QED) is 0.221. The van der Waals surface area contributed by atoms with Gasteiger partial charge in [0.15, 0.2) is 11.5 Å². The predicted octanol–water partition coefficient (Wildman–Crippen LogP) is 7.38. The van der Waals surface area contributed by atoms with Gasteiger partial charge in [0.05, 0.1) is 32.3 Å². The van der Waals surface area contributed by atoms with Gasteiger partial charge in [-0.1, -0.05) is 33.8 Å². The largest absolute Gasteiger partial charge is 0.497 e. The number of hydrogen-bond donors (Lipinski definition) is 0. The van der Waals surface area contributed by atoms with Crippen molar-refractivity contribution in [2.45, 2.75) is 71.6 Å². The SMILES string of the molecule is CCCN1/C(=C\CC2=C(OC)/C(=C\C3=[N+](CCC)c4ccc(OC)cc4C3(C)C)C2=O)C(C)(C)c2cc(OC)ccc21. The summed E-state index contributed by atoms with van der Waals surface area (Å²) in [6, 6.07) is 12.6. The second-order valence-corrected chi connectivity index (χ2v) is 12.4. The molecule has 2 aromatic carbocycles. The molecule has 0 N–H and O–H groups in total. The smallest absolute Gasteiger partial charge is 0.210 e. The summed E-state index contributed by atoms with van der Waals surface area (Å²) in [6.45, 7) is 15.1. The Kier molecular flexibility index (Phi) is 7.86. The molecule has 0 amide bonds. The first kappa shape index (κ1) is 29.7. The molecular weight excluding hydrogens is 524 g/mol. The van der Waals surface area contributed by atoms with Crippen LogP contribution in [0.15, 0.2) is 71.2 Å². The number of ketones is 1. The molecule has 0 unspecified atom stereocenters. The molecule has 2 aliphatic heterocycles. The molecule has 42 heavy (non-hydrogen) atoms. The molecule has 0 atom stereocenters. The van der Waals surface area contributed by atoms with E-state index in [4.69, 9.17) is 14.2 Å². The molecule has 0 saturated heterocycles. The lowest BCUT2D eigenvalue weighted by Crippen LogP contribution is -2.32. The first-order chi connectivity index (χ1) is 20.0. The van der Waals surface area contributed by atoms with Crippen LogP contribution in [0.3, 0.4) is 0 Å². The number of ether oxygens (including phenoxy) is 3. The van der Waals surface area contributed by atoms with Crippen LogP contribution in [0.25, 0.3) is 0 Å². The Morgan fingerprint density at radius 2 is 1.52 bits per heavy atom. The summed E-state index contributed by atoms with van der Waals surface area (Å²) in [5.74, 6) is 2.46. The van der Waals surface area contributed by atoms with Gasteiger partial charge >= 0.3 is 0 Å². The molecule has 3 aliphatic rings. The van der Waals surface area contributed by atoms with E-state index in [0.717, 1.165) is 48.7 Å². The highest BCUT2D eigenvalue weighted by molar-refractivity contribution is 6.22. The minimum absolute atomic E-state index is 0.0639. The fourth-order valence-corrected chi connectivity index (χ4v) is 6.87. The fourth-order valence-electron chi connectivity index (χ4n) is 6.87. The predicted molar refractivity (Wildman–Crippen MR) is 170 cm³/mol. The molecule has 0 fully saturated rings. The first-order valence-electron chi connectivity index (χ1n) is 15.1. The summed E-state index contributed by atoms with van der Waals surface area (Å²) in [5.41, 5.74) is 8.04. The van der Waals surface area contributed by atoms with Gasteiger partial charge < -0.3 is 19.1 Å². The van der Waals surface area contributed by atoms with Crippen molar-refractivity contribution in [1.82, 2.24) is 0 Å². The Morgan fingerprint density at radius 1 is 0.857 bits per heavy atom. The van der Waals surface area contributed by atoms with E-state index in [1.165, 1.54) is 28.2 Å². The first-order valence-corrected chi connectivity index (χ1v) is 15.1. The summed E-state index contributed by atoms with van der Waals surface area (Å²) in [5, 5.41) is 0. The van der Waals surface area contributed by atoms with Crippen LogP contribution in [0, 0.1) is 0 Å². The van der Waals surface area contributed by atoms with Crippen molar-refractivity contribution in [3.63, 3.8) is 0 Å². The van der Waals surface area contributed by atoms with E-state index in [9.17, 15) is 4.79 Å². The number of anilines is 1. The maximum Gasteiger partial charge on any atom is 0.210 e. The Morgan fingerprint density at radius 3 is 2.14 bits per heavy atom. The van der Waals surface area contributed by atoms with E-state index >= 15 is 0 Å². The molecule has 6 nitrogen and oxygen atoms in total. The van der Waals surface area contributed by atoms with Crippen LogP contribution >= 0.6 is 0 Å². The molecule has 0 radical (unpaired) electrons. The van der Waals surface area contributed by atoms with Crippen molar-refractivity contribution in [2.75, 3.05) is 39.3 Å². The van der Waals surface area contributed by atoms with Gasteiger partial charge in [-0.05, 0) is 62.6 Å². The summed E-state index contributed by atoms with van der Waals surface area (Å²) in [4.78, 5) is 16.1. The monoisotopic (exact) mass is 569 g/mol. The van der Waals surface area contributed by atoms with Crippen LogP contribution < -0.4 is 14.4 Å². The van der Waals surface area contributed by atoms with Gasteiger partial charge in [-0.25, -0.2) is 0 Å². The highest BCUT2D eigenvalue weighted by Gasteiger charge is 2.47. The molecule has 222 valence electrons. The van der Waals surface area contributed by atoms with Crippen molar-refractivity contribution < 1.29 is 23.6 Å². The third kappa shape index (κ3) is 4.56. The van der Waals surface area contributed by atoms with E-state index < -0.39 is 0 Å². The van der Waals surface area contributed by atoms with Crippen molar-refractivity contribution in [2.24, 2.45) is 0 Å². The molecule has 0 bridgehead atoms. The molecular formula is C36H45N2O4+.